The number of hydrogen-bond acceptors (Lipinski definition) is 1. The van der Waals surface area contributed by atoms with Gasteiger partial charge < -0.3 is 0 Å². The number of benzene rings is 1. The van der Waals surface area contributed by atoms with E-state index in [1.54, 1.807) is 0 Å². The van der Waals surface area contributed by atoms with Gasteiger partial charge in [-0.2, -0.15) is 4.57 Å². The molecular weight excluding hydrogens is 325 g/mol. The average molecular weight is 340 g/mol. The first-order valence-electron chi connectivity index (χ1n) is 5.30. The van der Waals surface area contributed by atoms with Crippen molar-refractivity contribution in [1.29, 1.82) is 0 Å². The van der Waals surface area contributed by atoms with E-state index in [4.69, 9.17) is 0 Å². The molecule has 0 N–H and O–H groups in total. The summed E-state index contributed by atoms with van der Waals surface area (Å²) < 4.78 is 1.91. The van der Waals surface area contributed by atoms with Gasteiger partial charge in [0.1, 0.15) is 0 Å². The smallest absolute Gasteiger partial charge is 0.227 e. The zero-order valence-electron chi connectivity index (χ0n) is 9.67. The van der Waals surface area contributed by atoms with Crippen molar-refractivity contribution in [3.05, 3.63) is 66.0 Å². The Bertz CT molecular complexity index is 497. The Kier molecular flexibility index (Phi) is 5.28. The Morgan fingerprint density at radius 2 is 1.82 bits per heavy atom. The molecule has 1 aromatic heterocycles. The second-order valence-corrected chi connectivity index (χ2v) is 3.84. The fourth-order valence-electron chi connectivity index (χ4n) is 1.63. The number of nitrogens with zero attached hydrogens (tertiary/aromatic N) is 1. The van der Waals surface area contributed by atoms with Gasteiger partial charge in [0.25, 0.3) is 0 Å². The van der Waals surface area contributed by atoms with Crippen LogP contribution in [0.3, 0.4) is 0 Å². The number of ketones is 1. The molecule has 17 heavy (non-hydrogen) atoms. The number of carbonyl (C=O) groups excluding carboxylic acids is 1. The number of carbonyl (C=O) groups is 1. The SMILES string of the molecule is Cc1ccc[n+](CC(=O)c2ccccc2)c1.I. The van der Waals surface area contributed by atoms with Crippen molar-refractivity contribution < 1.29 is 9.36 Å². The molecular formula is C14H15INO+. The standard InChI is InChI=1S/C14H14NO.HI/c1-12-6-5-9-15(10-12)11-14(16)13-7-3-2-4-8-13;/h2-10H,11H2,1H3;1H/q+1;. The Hall–Kier alpha value is -1.23. The summed E-state index contributed by atoms with van der Waals surface area (Å²) in [4.78, 5) is 11.9. The van der Waals surface area contributed by atoms with Crippen LogP contribution in [0.2, 0.25) is 0 Å². The third kappa shape index (κ3) is 3.93. The Balaban J connectivity index is 0.00000144. The minimum absolute atomic E-state index is 0. The first kappa shape index (κ1) is 13.8. The minimum atomic E-state index is 0. The van der Waals surface area contributed by atoms with Gasteiger partial charge in [0.15, 0.2) is 12.4 Å². The van der Waals surface area contributed by atoms with E-state index in [0.717, 1.165) is 11.1 Å². The van der Waals surface area contributed by atoms with Gasteiger partial charge in [0.2, 0.25) is 12.3 Å². The van der Waals surface area contributed by atoms with Crippen LogP contribution in [0.1, 0.15) is 15.9 Å². The van der Waals surface area contributed by atoms with Crippen molar-refractivity contribution in [2.24, 2.45) is 0 Å². The molecule has 0 fully saturated rings. The summed E-state index contributed by atoms with van der Waals surface area (Å²) in [5.41, 5.74) is 1.92. The number of hydrogen-bond donors (Lipinski definition) is 0. The Labute approximate surface area is 118 Å². The summed E-state index contributed by atoms with van der Waals surface area (Å²) in [5, 5.41) is 0. The Morgan fingerprint density at radius 1 is 1.12 bits per heavy atom. The number of pyridine rings is 1. The predicted octanol–water partition coefficient (Wildman–Crippen LogP) is 2.78. The molecule has 0 aliphatic heterocycles. The second-order valence-electron chi connectivity index (χ2n) is 3.84. The molecule has 2 aromatic rings. The van der Waals surface area contributed by atoms with Crippen molar-refractivity contribution in [2.75, 3.05) is 0 Å². The van der Waals surface area contributed by atoms with Crippen LogP contribution < -0.4 is 4.57 Å². The monoisotopic (exact) mass is 340 g/mol. The van der Waals surface area contributed by atoms with Crippen LogP contribution in [0.15, 0.2) is 54.9 Å². The van der Waals surface area contributed by atoms with Gasteiger partial charge in [-0.15, -0.1) is 24.0 Å². The Morgan fingerprint density at radius 3 is 2.47 bits per heavy atom. The number of halogens is 1. The highest BCUT2D eigenvalue weighted by atomic mass is 127. The lowest BCUT2D eigenvalue weighted by Gasteiger charge is -1.98. The van der Waals surface area contributed by atoms with E-state index in [9.17, 15) is 4.79 Å². The summed E-state index contributed by atoms with van der Waals surface area (Å²) >= 11 is 0. The molecule has 1 aromatic carbocycles. The maximum Gasteiger partial charge on any atom is 0.227 e. The van der Waals surface area contributed by atoms with Gasteiger partial charge in [-0.3, -0.25) is 4.79 Å². The lowest BCUT2D eigenvalue weighted by Crippen LogP contribution is -2.37. The lowest BCUT2D eigenvalue weighted by molar-refractivity contribution is -0.683. The number of rotatable bonds is 3. The number of Topliss-reactive ketones (excluding diaryl/α,β-unsaturated/α-hetero) is 1. The van der Waals surface area contributed by atoms with Crippen LogP contribution in [-0.4, -0.2) is 5.78 Å². The van der Waals surface area contributed by atoms with E-state index in [1.165, 1.54) is 0 Å². The fraction of sp³-hybridized carbons (Fsp3) is 0.143. The van der Waals surface area contributed by atoms with Crippen LogP contribution in [0.5, 0.6) is 0 Å². The van der Waals surface area contributed by atoms with Crippen LogP contribution >= 0.6 is 24.0 Å². The molecule has 1 heterocycles. The van der Waals surface area contributed by atoms with Crippen LogP contribution in [-0.2, 0) is 6.54 Å². The number of aromatic nitrogens is 1. The minimum Gasteiger partial charge on any atom is -0.287 e. The van der Waals surface area contributed by atoms with E-state index < -0.39 is 0 Å². The van der Waals surface area contributed by atoms with Crippen molar-refractivity contribution in [3.63, 3.8) is 0 Å². The third-order valence-corrected chi connectivity index (χ3v) is 2.43. The van der Waals surface area contributed by atoms with Gasteiger partial charge in [-0.05, 0) is 13.0 Å². The molecule has 0 aliphatic carbocycles. The summed E-state index contributed by atoms with van der Waals surface area (Å²) in [5.74, 6) is 0.135. The van der Waals surface area contributed by atoms with E-state index >= 15 is 0 Å². The van der Waals surface area contributed by atoms with Crippen molar-refractivity contribution in [2.45, 2.75) is 13.5 Å². The molecule has 0 spiro atoms. The van der Waals surface area contributed by atoms with Crippen LogP contribution in [0.25, 0.3) is 0 Å². The average Bonchev–Trinajstić information content (AvgIpc) is 2.30. The summed E-state index contributed by atoms with van der Waals surface area (Å²) in [6.07, 6.45) is 3.88. The summed E-state index contributed by atoms with van der Waals surface area (Å²) in [6.45, 7) is 2.41. The highest BCUT2D eigenvalue weighted by Crippen LogP contribution is 2.00. The highest BCUT2D eigenvalue weighted by Gasteiger charge is 2.10. The van der Waals surface area contributed by atoms with Gasteiger partial charge in [0, 0.05) is 17.2 Å². The second kappa shape index (κ2) is 6.49. The molecule has 2 nitrogen and oxygen atoms in total. The maximum atomic E-state index is 11.9. The molecule has 0 bridgehead atoms. The molecule has 0 unspecified atom stereocenters. The van der Waals surface area contributed by atoms with E-state index in [2.05, 4.69) is 0 Å². The lowest BCUT2D eigenvalue weighted by atomic mass is 10.1. The van der Waals surface area contributed by atoms with Crippen molar-refractivity contribution in [1.82, 2.24) is 0 Å². The maximum absolute atomic E-state index is 11.9. The molecule has 88 valence electrons. The summed E-state index contributed by atoms with van der Waals surface area (Å²) in [6, 6.07) is 13.3. The molecule has 3 heteroatoms. The molecule has 0 amide bonds. The third-order valence-electron chi connectivity index (χ3n) is 2.43. The normalized spacial score (nSPS) is 9.47. The first-order chi connectivity index (χ1) is 7.75. The van der Waals surface area contributed by atoms with E-state index in [-0.39, 0.29) is 29.8 Å². The van der Waals surface area contributed by atoms with Crippen LogP contribution in [0, 0.1) is 6.92 Å². The molecule has 2 rings (SSSR count). The van der Waals surface area contributed by atoms with Gasteiger partial charge in [-0.1, -0.05) is 30.3 Å². The predicted molar refractivity (Wildman–Crippen MR) is 77.6 cm³/mol. The molecule has 0 atom stereocenters. The zero-order chi connectivity index (χ0) is 11.4. The topological polar surface area (TPSA) is 20.9 Å². The quantitative estimate of drug-likeness (QED) is 0.478. The van der Waals surface area contributed by atoms with E-state index in [1.807, 2.05) is 66.3 Å². The van der Waals surface area contributed by atoms with Gasteiger partial charge in [-0.25, -0.2) is 0 Å². The summed E-state index contributed by atoms with van der Waals surface area (Å²) in [7, 11) is 0. The van der Waals surface area contributed by atoms with Gasteiger partial charge in [0.05, 0.1) is 0 Å². The van der Waals surface area contributed by atoms with Gasteiger partial charge >= 0.3 is 0 Å². The molecule has 0 saturated carbocycles. The number of aryl methyl sites for hydroxylation is 1. The molecule has 0 radical (unpaired) electrons. The van der Waals surface area contributed by atoms with E-state index in [0.29, 0.717) is 6.54 Å². The molecule has 0 aliphatic rings. The largest absolute Gasteiger partial charge is 0.287 e. The van der Waals surface area contributed by atoms with Crippen LogP contribution in [0.4, 0.5) is 0 Å². The zero-order valence-corrected chi connectivity index (χ0v) is 12.0. The molecule has 0 saturated heterocycles. The highest BCUT2D eigenvalue weighted by molar-refractivity contribution is 14.0. The van der Waals surface area contributed by atoms with Crippen molar-refractivity contribution in [3.8, 4) is 0 Å². The van der Waals surface area contributed by atoms with Crippen molar-refractivity contribution >= 4 is 29.8 Å². The first-order valence-corrected chi connectivity index (χ1v) is 5.30. The fourth-order valence-corrected chi connectivity index (χ4v) is 1.63.